The van der Waals surface area contributed by atoms with Crippen LogP contribution in [0.25, 0.3) is 0 Å². The van der Waals surface area contributed by atoms with Crippen LogP contribution in [0, 0.1) is 17.3 Å². The summed E-state index contributed by atoms with van der Waals surface area (Å²) in [5.41, 5.74) is 11.1. The van der Waals surface area contributed by atoms with E-state index in [9.17, 15) is 9.59 Å². The number of ether oxygens (including phenoxy) is 2. The number of rotatable bonds is 5. The highest BCUT2D eigenvalue weighted by Crippen LogP contribution is 2.67. The predicted octanol–water partition coefficient (Wildman–Crippen LogP) is 4.72. The van der Waals surface area contributed by atoms with Crippen LogP contribution in [0.2, 0.25) is 0 Å². The Morgan fingerprint density at radius 2 is 1.94 bits per heavy atom. The van der Waals surface area contributed by atoms with E-state index in [0.29, 0.717) is 30.4 Å². The summed E-state index contributed by atoms with van der Waals surface area (Å²) in [6, 6.07) is 7.82. The zero-order valence-electron chi connectivity index (χ0n) is 20.0. The molecule has 0 aliphatic heterocycles. The van der Waals surface area contributed by atoms with Crippen LogP contribution in [0.4, 0.5) is 0 Å². The Bertz CT molecular complexity index is 1060. The van der Waals surface area contributed by atoms with Gasteiger partial charge in [-0.3, -0.25) is 9.59 Å². The fraction of sp³-hybridized carbons (Fsp3) is 0.571. The third kappa shape index (κ3) is 3.27. The molecule has 5 rings (SSSR count). The van der Waals surface area contributed by atoms with Gasteiger partial charge in [0.1, 0.15) is 0 Å². The number of methoxy groups -OCH3 is 2. The lowest BCUT2D eigenvalue weighted by molar-refractivity contribution is -0.149. The first-order valence-electron chi connectivity index (χ1n) is 12.2. The van der Waals surface area contributed by atoms with Gasteiger partial charge in [0.05, 0.1) is 12.2 Å². The molecule has 176 valence electrons. The van der Waals surface area contributed by atoms with Crippen molar-refractivity contribution in [1.82, 2.24) is 0 Å². The minimum absolute atomic E-state index is 0.0799. The molecule has 5 heteroatoms. The molecule has 4 aliphatic carbocycles. The lowest BCUT2D eigenvalue weighted by atomic mass is 9.51. The maximum atomic E-state index is 12.4. The van der Waals surface area contributed by atoms with Gasteiger partial charge in [-0.15, -0.1) is 0 Å². The topological polar surface area (TPSA) is 78.6 Å². The number of primary amides is 1. The molecule has 1 amide bonds. The zero-order chi connectivity index (χ0) is 23.4. The average Bonchev–Trinajstić information content (AvgIpc) is 3.10. The van der Waals surface area contributed by atoms with Crippen LogP contribution in [0.15, 0.2) is 47.1 Å². The summed E-state index contributed by atoms with van der Waals surface area (Å²) < 4.78 is 12.0. The van der Waals surface area contributed by atoms with Crippen molar-refractivity contribution in [2.24, 2.45) is 23.0 Å². The van der Waals surface area contributed by atoms with Gasteiger partial charge in [0.25, 0.3) is 0 Å². The van der Waals surface area contributed by atoms with Gasteiger partial charge in [0.15, 0.2) is 5.78 Å². The summed E-state index contributed by atoms with van der Waals surface area (Å²) >= 11 is 0. The number of nitrogens with two attached hydrogens (primary N) is 1. The van der Waals surface area contributed by atoms with E-state index in [1.165, 1.54) is 16.7 Å². The molecule has 5 nitrogen and oxygen atoms in total. The molecule has 0 unspecified atom stereocenters. The molecule has 2 fully saturated rings. The van der Waals surface area contributed by atoms with Crippen molar-refractivity contribution >= 4 is 11.7 Å². The van der Waals surface area contributed by atoms with Crippen LogP contribution in [-0.4, -0.2) is 38.1 Å². The second-order valence-corrected chi connectivity index (χ2v) is 10.6. The molecule has 4 aliphatic rings. The standard InChI is InChI=1S/C28H35NO4/c1-27-15-23(20-6-4-5-7-21(20)26(29)31)25-19-11-9-18(30)14-17(19)8-10-22(25)24(27)12-13-28(27,33-3)16-32-2/h4-7,14,22-24H,8-13,15-16H2,1-3H3,(H2,29,31)/t22-,23+,24-,27-,28+/m0/s1. The number of amides is 1. The Morgan fingerprint density at radius 1 is 1.15 bits per heavy atom. The van der Waals surface area contributed by atoms with Crippen molar-refractivity contribution in [2.75, 3.05) is 20.8 Å². The van der Waals surface area contributed by atoms with Crippen LogP contribution in [0.5, 0.6) is 0 Å². The molecule has 1 aromatic rings. The summed E-state index contributed by atoms with van der Waals surface area (Å²) in [7, 11) is 3.58. The first kappa shape index (κ1) is 22.5. The first-order chi connectivity index (χ1) is 15.8. The smallest absolute Gasteiger partial charge is 0.248 e. The SMILES string of the molecule is COC[C@]1(OC)CC[C@H]2[C@@H]3CCC4=CC(=O)CCC4=C3[C@@H](c3ccccc3C(N)=O)C[C@@]21C. The van der Waals surface area contributed by atoms with Gasteiger partial charge < -0.3 is 15.2 Å². The molecule has 0 saturated heterocycles. The van der Waals surface area contributed by atoms with Gasteiger partial charge in [0, 0.05) is 37.5 Å². The maximum absolute atomic E-state index is 12.4. The second kappa shape index (κ2) is 8.21. The third-order valence-electron chi connectivity index (χ3n) is 9.39. The lowest BCUT2D eigenvalue weighted by Crippen LogP contribution is -2.54. The molecule has 0 spiro atoms. The van der Waals surface area contributed by atoms with Gasteiger partial charge in [-0.2, -0.15) is 0 Å². The van der Waals surface area contributed by atoms with Gasteiger partial charge in [-0.1, -0.05) is 30.7 Å². The molecule has 2 N–H and O–H groups in total. The fourth-order valence-corrected chi connectivity index (χ4v) is 7.91. The predicted molar refractivity (Wildman–Crippen MR) is 127 cm³/mol. The molecule has 1 aromatic carbocycles. The number of ketones is 1. The summed E-state index contributed by atoms with van der Waals surface area (Å²) in [6.45, 7) is 2.95. The van der Waals surface area contributed by atoms with Gasteiger partial charge in [0.2, 0.25) is 5.91 Å². The molecular weight excluding hydrogens is 414 g/mol. The Hall–Kier alpha value is -2.24. The number of fused-ring (bicyclic) bond motifs is 4. The van der Waals surface area contributed by atoms with E-state index in [4.69, 9.17) is 15.2 Å². The summed E-state index contributed by atoms with van der Waals surface area (Å²) in [5.74, 6) is 0.847. The third-order valence-corrected chi connectivity index (χ3v) is 9.39. The van der Waals surface area contributed by atoms with Crippen LogP contribution < -0.4 is 5.73 Å². The number of hydrogen-bond donors (Lipinski definition) is 1. The van der Waals surface area contributed by atoms with E-state index in [0.717, 1.165) is 44.1 Å². The Balaban J connectivity index is 1.73. The van der Waals surface area contributed by atoms with Crippen molar-refractivity contribution in [2.45, 2.75) is 63.4 Å². The molecule has 0 aromatic heterocycles. The van der Waals surface area contributed by atoms with Crippen molar-refractivity contribution < 1.29 is 19.1 Å². The highest BCUT2D eigenvalue weighted by Gasteiger charge is 2.64. The first-order valence-corrected chi connectivity index (χ1v) is 12.2. The van der Waals surface area contributed by atoms with Crippen LogP contribution in [-0.2, 0) is 14.3 Å². The summed E-state index contributed by atoms with van der Waals surface area (Å²) in [5, 5.41) is 0. The molecule has 0 heterocycles. The van der Waals surface area contributed by atoms with Crippen molar-refractivity contribution in [1.29, 1.82) is 0 Å². The van der Waals surface area contributed by atoms with E-state index in [1.807, 2.05) is 31.4 Å². The largest absolute Gasteiger partial charge is 0.382 e. The van der Waals surface area contributed by atoms with Crippen LogP contribution in [0.1, 0.15) is 73.7 Å². The minimum Gasteiger partial charge on any atom is -0.382 e. The van der Waals surface area contributed by atoms with E-state index < -0.39 is 0 Å². The number of allylic oxidation sites excluding steroid dienone is 4. The van der Waals surface area contributed by atoms with E-state index in [1.54, 1.807) is 7.11 Å². The van der Waals surface area contributed by atoms with Gasteiger partial charge in [-0.25, -0.2) is 0 Å². The highest BCUT2D eigenvalue weighted by atomic mass is 16.5. The lowest BCUT2D eigenvalue weighted by Gasteiger charge is -2.55. The molecule has 33 heavy (non-hydrogen) atoms. The maximum Gasteiger partial charge on any atom is 0.248 e. The van der Waals surface area contributed by atoms with Crippen molar-refractivity contribution in [3.05, 3.63) is 58.2 Å². The Morgan fingerprint density at radius 3 is 2.67 bits per heavy atom. The van der Waals surface area contributed by atoms with Crippen LogP contribution in [0.3, 0.4) is 0 Å². The van der Waals surface area contributed by atoms with Crippen molar-refractivity contribution in [3.8, 4) is 0 Å². The number of hydrogen-bond acceptors (Lipinski definition) is 4. The zero-order valence-corrected chi connectivity index (χ0v) is 20.0. The molecular formula is C28H35NO4. The van der Waals surface area contributed by atoms with Crippen molar-refractivity contribution in [3.63, 3.8) is 0 Å². The Kier molecular flexibility index (Phi) is 5.61. The minimum atomic E-state index is -0.383. The molecule has 5 atom stereocenters. The summed E-state index contributed by atoms with van der Waals surface area (Å²) in [6.07, 6.45) is 8.23. The number of benzene rings is 1. The molecule has 0 radical (unpaired) electrons. The van der Waals surface area contributed by atoms with Crippen LogP contribution >= 0.6 is 0 Å². The number of carbonyl (C=O) groups excluding carboxylic acids is 2. The van der Waals surface area contributed by atoms with E-state index >= 15 is 0 Å². The van der Waals surface area contributed by atoms with Gasteiger partial charge >= 0.3 is 0 Å². The number of carbonyl (C=O) groups is 2. The normalized spacial score (nSPS) is 35.5. The van der Waals surface area contributed by atoms with Gasteiger partial charge in [-0.05, 0) is 79.2 Å². The van der Waals surface area contributed by atoms with E-state index in [2.05, 4.69) is 13.0 Å². The molecule has 0 bridgehead atoms. The highest BCUT2D eigenvalue weighted by molar-refractivity contribution is 5.95. The average molecular weight is 450 g/mol. The quantitative estimate of drug-likeness (QED) is 0.706. The fourth-order valence-electron chi connectivity index (χ4n) is 7.91. The monoisotopic (exact) mass is 449 g/mol. The van der Waals surface area contributed by atoms with E-state index in [-0.39, 0.29) is 28.6 Å². The molecule has 2 saturated carbocycles. The summed E-state index contributed by atoms with van der Waals surface area (Å²) in [4.78, 5) is 24.7. The Labute approximate surface area is 196 Å². The second-order valence-electron chi connectivity index (χ2n) is 10.6.